The van der Waals surface area contributed by atoms with E-state index in [1.165, 1.54) is 0 Å². The summed E-state index contributed by atoms with van der Waals surface area (Å²) in [5, 5.41) is 7.87. The number of esters is 1. The van der Waals surface area contributed by atoms with Crippen molar-refractivity contribution in [2.45, 2.75) is 47.2 Å². The van der Waals surface area contributed by atoms with E-state index < -0.39 is 11.9 Å². The van der Waals surface area contributed by atoms with Gasteiger partial charge in [0.2, 0.25) is 0 Å². The maximum absolute atomic E-state index is 12.9. The zero-order valence-corrected chi connectivity index (χ0v) is 20.8. The summed E-state index contributed by atoms with van der Waals surface area (Å²) in [6.45, 7) is 9.72. The number of aryl methyl sites for hydroxylation is 1. The van der Waals surface area contributed by atoms with Gasteiger partial charge in [0.15, 0.2) is 0 Å². The number of benzene rings is 2. The zero-order valence-electron chi connectivity index (χ0n) is 20.8. The molecule has 8 heteroatoms. The SMILES string of the molecule is CCOC(=O)Cn1c(C)c(/C=N\NC(=O)C(NC(=O)c2ccc(C)cc2)C(C)C)c2ccccc21. The van der Waals surface area contributed by atoms with Crippen molar-refractivity contribution in [1.82, 2.24) is 15.3 Å². The molecular weight excluding hydrogens is 444 g/mol. The minimum Gasteiger partial charge on any atom is -0.465 e. The molecule has 0 aliphatic carbocycles. The largest absolute Gasteiger partial charge is 0.465 e. The smallest absolute Gasteiger partial charge is 0.325 e. The first kappa shape index (κ1) is 25.7. The monoisotopic (exact) mass is 476 g/mol. The second-order valence-electron chi connectivity index (χ2n) is 8.70. The Morgan fingerprint density at radius 3 is 2.40 bits per heavy atom. The Bertz CT molecular complexity index is 1240. The van der Waals surface area contributed by atoms with Crippen LogP contribution in [0.15, 0.2) is 53.6 Å². The maximum Gasteiger partial charge on any atom is 0.325 e. The van der Waals surface area contributed by atoms with E-state index in [-0.39, 0.29) is 24.3 Å². The maximum atomic E-state index is 12.9. The average Bonchev–Trinajstić information content (AvgIpc) is 3.08. The number of carbonyl (C=O) groups is 3. The van der Waals surface area contributed by atoms with Gasteiger partial charge in [0.05, 0.1) is 12.8 Å². The van der Waals surface area contributed by atoms with Crippen LogP contribution in [0.4, 0.5) is 0 Å². The lowest BCUT2D eigenvalue weighted by molar-refractivity contribution is -0.143. The number of hydrazone groups is 1. The van der Waals surface area contributed by atoms with E-state index in [0.717, 1.165) is 27.7 Å². The number of nitrogens with zero attached hydrogens (tertiary/aromatic N) is 2. The summed E-state index contributed by atoms with van der Waals surface area (Å²) in [5.74, 6) is -1.20. The van der Waals surface area contributed by atoms with Gasteiger partial charge in [-0.1, -0.05) is 49.7 Å². The number of hydrogen-bond donors (Lipinski definition) is 2. The summed E-state index contributed by atoms with van der Waals surface area (Å²) in [6.07, 6.45) is 1.57. The number of amides is 2. The molecule has 2 amide bonds. The molecule has 1 heterocycles. The minimum atomic E-state index is -0.757. The molecule has 0 saturated heterocycles. The van der Waals surface area contributed by atoms with Crippen LogP contribution in [-0.2, 0) is 20.9 Å². The quantitative estimate of drug-likeness (QED) is 0.279. The van der Waals surface area contributed by atoms with Crippen molar-refractivity contribution in [3.63, 3.8) is 0 Å². The van der Waals surface area contributed by atoms with Gasteiger partial charge in [-0.15, -0.1) is 0 Å². The third kappa shape index (κ3) is 6.15. The fourth-order valence-corrected chi connectivity index (χ4v) is 3.85. The third-order valence-corrected chi connectivity index (χ3v) is 5.79. The van der Waals surface area contributed by atoms with Crippen LogP contribution < -0.4 is 10.7 Å². The standard InChI is InChI=1S/C27H32N4O4/c1-6-35-24(32)16-31-19(5)22(21-9-7-8-10-23(21)31)15-28-30-27(34)25(17(2)3)29-26(33)20-13-11-18(4)12-14-20/h7-15,17,25H,6,16H2,1-5H3,(H,29,33)(H,30,34)/b28-15-. The van der Waals surface area contributed by atoms with Gasteiger partial charge in [0, 0.05) is 27.7 Å². The van der Waals surface area contributed by atoms with Crippen molar-refractivity contribution in [3.8, 4) is 0 Å². The summed E-state index contributed by atoms with van der Waals surface area (Å²) >= 11 is 0. The number of para-hydroxylation sites is 1. The molecule has 2 aromatic carbocycles. The van der Waals surface area contributed by atoms with E-state index in [9.17, 15) is 14.4 Å². The molecule has 1 atom stereocenters. The molecular formula is C27H32N4O4. The summed E-state index contributed by atoms with van der Waals surface area (Å²) in [5.41, 5.74) is 6.58. The fraction of sp³-hybridized carbons (Fsp3) is 0.333. The predicted octanol–water partition coefficient (Wildman–Crippen LogP) is 3.73. The number of hydrogen-bond acceptors (Lipinski definition) is 5. The lowest BCUT2D eigenvalue weighted by Gasteiger charge is -2.20. The van der Waals surface area contributed by atoms with E-state index in [1.807, 2.05) is 68.7 Å². The van der Waals surface area contributed by atoms with Gasteiger partial charge in [-0.05, 0) is 44.9 Å². The van der Waals surface area contributed by atoms with Crippen molar-refractivity contribution in [2.24, 2.45) is 11.0 Å². The van der Waals surface area contributed by atoms with Crippen molar-refractivity contribution < 1.29 is 19.1 Å². The first-order valence-electron chi connectivity index (χ1n) is 11.7. The first-order valence-corrected chi connectivity index (χ1v) is 11.7. The molecule has 0 fully saturated rings. The van der Waals surface area contributed by atoms with Gasteiger partial charge < -0.3 is 14.6 Å². The first-order chi connectivity index (χ1) is 16.7. The van der Waals surface area contributed by atoms with Crippen LogP contribution in [-0.4, -0.2) is 41.2 Å². The highest BCUT2D eigenvalue weighted by Gasteiger charge is 2.24. The van der Waals surface area contributed by atoms with Crippen molar-refractivity contribution in [3.05, 3.63) is 70.9 Å². The lowest BCUT2D eigenvalue weighted by atomic mass is 10.0. The van der Waals surface area contributed by atoms with Crippen molar-refractivity contribution in [1.29, 1.82) is 0 Å². The Hall–Kier alpha value is -3.94. The van der Waals surface area contributed by atoms with Gasteiger partial charge in [-0.3, -0.25) is 14.4 Å². The summed E-state index contributed by atoms with van der Waals surface area (Å²) in [7, 11) is 0. The van der Waals surface area contributed by atoms with Gasteiger partial charge in [-0.25, -0.2) is 5.43 Å². The molecule has 0 radical (unpaired) electrons. The number of carbonyl (C=O) groups excluding carboxylic acids is 3. The Labute approximate surface area is 205 Å². The Kier molecular flexibility index (Phi) is 8.41. The fourth-order valence-electron chi connectivity index (χ4n) is 3.85. The number of rotatable bonds is 9. The van der Waals surface area contributed by atoms with Crippen LogP contribution in [0.5, 0.6) is 0 Å². The highest BCUT2D eigenvalue weighted by atomic mass is 16.5. The average molecular weight is 477 g/mol. The molecule has 8 nitrogen and oxygen atoms in total. The minimum absolute atomic E-state index is 0.0842. The lowest BCUT2D eigenvalue weighted by Crippen LogP contribution is -2.48. The molecule has 3 aromatic rings. The summed E-state index contributed by atoms with van der Waals surface area (Å²) < 4.78 is 6.98. The molecule has 3 rings (SSSR count). The highest BCUT2D eigenvalue weighted by Crippen LogP contribution is 2.24. The van der Waals surface area contributed by atoms with E-state index in [0.29, 0.717) is 12.2 Å². The second kappa shape index (κ2) is 11.5. The topological polar surface area (TPSA) is 102 Å². The number of ether oxygens (including phenoxy) is 1. The zero-order chi connectivity index (χ0) is 25.5. The van der Waals surface area contributed by atoms with Gasteiger partial charge >= 0.3 is 5.97 Å². The molecule has 0 aliphatic rings. The molecule has 35 heavy (non-hydrogen) atoms. The van der Waals surface area contributed by atoms with Crippen LogP contribution >= 0.6 is 0 Å². The van der Waals surface area contributed by atoms with Crippen LogP contribution in [0.25, 0.3) is 10.9 Å². The number of fused-ring (bicyclic) bond motifs is 1. The molecule has 0 saturated carbocycles. The van der Waals surface area contributed by atoms with Crippen LogP contribution in [0.1, 0.15) is 48.0 Å². The van der Waals surface area contributed by atoms with Crippen LogP contribution in [0.3, 0.4) is 0 Å². The van der Waals surface area contributed by atoms with Gasteiger partial charge in [0.25, 0.3) is 11.8 Å². The number of nitrogens with one attached hydrogen (secondary N) is 2. The Morgan fingerprint density at radius 2 is 1.74 bits per heavy atom. The van der Waals surface area contributed by atoms with Crippen molar-refractivity contribution >= 4 is 34.9 Å². The Balaban J connectivity index is 1.77. The predicted molar refractivity (Wildman–Crippen MR) is 136 cm³/mol. The van der Waals surface area contributed by atoms with Crippen LogP contribution in [0, 0.1) is 19.8 Å². The third-order valence-electron chi connectivity index (χ3n) is 5.79. The summed E-state index contributed by atoms with van der Waals surface area (Å²) in [4.78, 5) is 37.6. The highest BCUT2D eigenvalue weighted by molar-refractivity contribution is 6.02. The molecule has 1 aromatic heterocycles. The van der Waals surface area contributed by atoms with E-state index in [2.05, 4.69) is 15.8 Å². The summed E-state index contributed by atoms with van der Waals surface area (Å²) in [6, 6.07) is 14.1. The molecule has 0 spiro atoms. The molecule has 1 unspecified atom stereocenters. The van der Waals surface area contributed by atoms with Crippen LogP contribution in [0.2, 0.25) is 0 Å². The molecule has 0 aliphatic heterocycles. The Morgan fingerprint density at radius 1 is 1.06 bits per heavy atom. The van der Waals surface area contributed by atoms with Gasteiger partial charge in [-0.2, -0.15) is 5.10 Å². The van der Waals surface area contributed by atoms with E-state index in [1.54, 1.807) is 25.3 Å². The van der Waals surface area contributed by atoms with Gasteiger partial charge in [0.1, 0.15) is 12.6 Å². The van der Waals surface area contributed by atoms with E-state index in [4.69, 9.17) is 4.74 Å². The molecule has 0 bridgehead atoms. The molecule has 2 N–H and O–H groups in total. The molecule has 184 valence electrons. The van der Waals surface area contributed by atoms with Crippen molar-refractivity contribution in [2.75, 3.05) is 6.61 Å². The number of aromatic nitrogens is 1. The second-order valence-corrected chi connectivity index (χ2v) is 8.70. The normalized spacial score (nSPS) is 12.2. The van der Waals surface area contributed by atoms with E-state index >= 15 is 0 Å².